The number of Topliss-reactive ketones (excluding diaryl/α,β-unsaturated/α-hetero) is 1. The summed E-state index contributed by atoms with van der Waals surface area (Å²) in [6.07, 6.45) is 5.06. The van der Waals surface area contributed by atoms with E-state index >= 15 is 0 Å². The largest absolute Gasteiger partial charge is 0.292 e. The maximum absolute atomic E-state index is 11.5. The first-order chi connectivity index (χ1) is 6.86. The van der Waals surface area contributed by atoms with Gasteiger partial charge in [0.05, 0.1) is 6.20 Å². The molecule has 14 heavy (non-hydrogen) atoms. The van der Waals surface area contributed by atoms with Crippen molar-refractivity contribution >= 4 is 5.78 Å². The highest BCUT2D eigenvalue weighted by Gasteiger charge is 2.09. The van der Waals surface area contributed by atoms with Gasteiger partial charge >= 0.3 is 0 Å². The molecule has 0 amide bonds. The van der Waals surface area contributed by atoms with Crippen molar-refractivity contribution in [3.8, 4) is 0 Å². The fraction of sp³-hybridized carbons (Fsp3) is 0.111. The van der Waals surface area contributed by atoms with Crippen molar-refractivity contribution in [2.45, 2.75) is 6.42 Å². The molecule has 2 aromatic rings. The van der Waals surface area contributed by atoms with Crippen LogP contribution in [0.2, 0.25) is 0 Å². The number of aromatic nitrogens is 4. The number of ketones is 1. The fourth-order valence-corrected chi connectivity index (χ4v) is 1.11. The van der Waals surface area contributed by atoms with Gasteiger partial charge in [0.25, 0.3) is 0 Å². The van der Waals surface area contributed by atoms with Crippen LogP contribution in [0.3, 0.4) is 0 Å². The standard InChI is InChI=1S/C9H8N4O/c14-9(8-6-11-13-12-8)4-7-2-1-3-10-5-7/h1-3,5-6H,4H2,(H,11,12,13). The molecule has 0 bridgehead atoms. The zero-order valence-electron chi connectivity index (χ0n) is 7.34. The maximum Gasteiger partial charge on any atom is 0.189 e. The number of H-pyrrole nitrogens is 1. The molecule has 0 aliphatic heterocycles. The number of hydrogen-bond acceptors (Lipinski definition) is 4. The second-order valence-corrected chi connectivity index (χ2v) is 2.82. The molecule has 5 heteroatoms. The Balaban J connectivity index is 2.10. The van der Waals surface area contributed by atoms with Gasteiger partial charge in [-0.15, -0.1) is 0 Å². The molecule has 0 saturated carbocycles. The van der Waals surface area contributed by atoms with Crippen LogP contribution >= 0.6 is 0 Å². The first-order valence-electron chi connectivity index (χ1n) is 4.14. The minimum Gasteiger partial charge on any atom is -0.292 e. The van der Waals surface area contributed by atoms with E-state index in [1.54, 1.807) is 18.5 Å². The third-order valence-electron chi connectivity index (χ3n) is 1.79. The Morgan fingerprint density at radius 2 is 2.36 bits per heavy atom. The summed E-state index contributed by atoms with van der Waals surface area (Å²) in [7, 11) is 0. The van der Waals surface area contributed by atoms with Gasteiger partial charge < -0.3 is 0 Å². The van der Waals surface area contributed by atoms with E-state index in [1.807, 2.05) is 6.07 Å². The Kier molecular flexibility index (Phi) is 2.31. The van der Waals surface area contributed by atoms with Crippen LogP contribution in [0.5, 0.6) is 0 Å². The van der Waals surface area contributed by atoms with Gasteiger partial charge in [-0.2, -0.15) is 15.4 Å². The maximum atomic E-state index is 11.5. The summed E-state index contributed by atoms with van der Waals surface area (Å²) in [5.41, 5.74) is 1.23. The Labute approximate surface area is 80.2 Å². The van der Waals surface area contributed by atoms with Gasteiger partial charge in [0.15, 0.2) is 5.78 Å². The lowest BCUT2D eigenvalue weighted by atomic mass is 10.1. The number of carbonyl (C=O) groups excluding carboxylic acids is 1. The topological polar surface area (TPSA) is 71.5 Å². The average molecular weight is 188 g/mol. The molecule has 0 aromatic carbocycles. The van der Waals surface area contributed by atoms with Crippen LogP contribution < -0.4 is 0 Å². The normalized spacial score (nSPS) is 10.0. The number of hydrogen-bond donors (Lipinski definition) is 1. The van der Waals surface area contributed by atoms with Crippen molar-refractivity contribution in [1.29, 1.82) is 0 Å². The highest BCUT2D eigenvalue weighted by Crippen LogP contribution is 2.02. The van der Waals surface area contributed by atoms with Crippen molar-refractivity contribution in [2.75, 3.05) is 0 Å². The molecule has 2 aromatic heterocycles. The smallest absolute Gasteiger partial charge is 0.189 e. The van der Waals surface area contributed by atoms with Crippen molar-refractivity contribution in [3.05, 3.63) is 42.0 Å². The molecular weight excluding hydrogens is 180 g/mol. The lowest BCUT2D eigenvalue weighted by Crippen LogP contribution is -2.04. The van der Waals surface area contributed by atoms with Crippen LogP contribution in [-0.4, -0.2) is 26.2 Å². The summed E-state index contributed by atoms with van der Waals surface area (Å²) < 4.78 is 0. The Bertz CT molecular complexity index is 410. The number of pyridine rings is 1. The van der Waals surface area contributed by atoms with E-state index in [9.17, 15) is 4.79 Å². The molecular formula is C9H8N4O. The van der Waals surface area contributed by atoms with Crippen molar-refractivity contribution in [3.63, 3.8) is 0 Å². The van der Waals surface area contributed by atoms with Crippen molar-refractivity contribution < 1.29 is 4.79 Å². The lowest BCUT2D eigenvalue weighted by Gasteiger charge is -1.95. The van der Waals surface area contributed by atoms with Crippen LogP contribution in [0, 0.1) is 0 Å². The van der Waals surface area contributed by atoms with Gasteiger partial charge in [0, 0.05) is 18.8 Å². The number of nitrogens with one attached hydrogen (secondary N) is 1. The van der Waals surface area contributed by atoms with E-state index < -0.39 is 0 Å². The quantitative estimate of drug-likeness (QED) is 0.717. The number of nitrogens with zero attached hydrogens (tertiary/aromatic N) is 3. The highest BCUT2D eigenvalue weighted by atomic mass is 16.1. The SMILES string of the molecule is O=C(Cc1cccnc1)c1cn[nH]n1. The van der Waals surface area contributed by atoms with E-state index in [0.29, 0.717) is 12.1 Å². The van der Waals surface area contributed by atoms with Crippen molar-refractivity contribution in [1.82, 2.24) is 20.4 Å². The summed E-state index contributed by atoms with van der Waals surface area (Å²) in [6, 6.07) is 3.65. The molecule has 0 aliphatic rings. The summed E-state index contributed by atoms with van der Waals surface area (Å²) in [5.74, 6) is -0.0632. The monoisotopic (exact) mass is 188 g/mol. The fourth-order valence-electron chi connectivity index (χ4n) is 1.11. The van der Waals surface area contributed by atoms with Crippen LogP contribution in [0.1, 0.15) is 16.1 Å². The predicted molar refractivity (Wildman–Crippen MR) is 48.7 cm³/mol. The van der Waals surface area contributed by atoms with Gasteiger partial charge in [0.2, 0.25) is 0 Å². The molecule has 2 rings (SSSR count). The number of carbonyl (C=O) groups is 1. The van der Waals surface area contributed by atoms with Crippen LogP contribution in [0.15, 0.2) is 30.7 Å². The molecule has 0 unspecified atom stereocenters. The zero-order valence-corrected chi connectivity index (χ0v) is 7.34. The molecule has 2 heterocycles. The first-order valence-corrected chi connectivity index (χ1v) is 4.14. The van der Waals surface area contributed by atoms with E-state index in [2.05, 4.69) is 20.4 Å². The number of aromatic amines is 1. The van der Waals surface area contributed by atoms with E-state index in [-0.39, 0.29) is 5.78 Å². The van der Waals surface area contributed by atoms with Gasteiger partial charge in [-0.1, -0.05) is 6.07 Å². The molecule has 0 radical (unpaired) electrons. The van der Waals surface area contributed by atoms with Gasteiger partial charge in [-0.25, -0.2) is 0 Å². The second-order valence-electron chi connectivity index (χ2n) is 2.82. The molecule has 0 spiro atoms. The Morgan fingerprint density at radius 1 is 1.43 bits per heavy atom. The Morgan fingerprint density at radius 3 is 3.00 bits per heavy atom. The molecule has 0 atom stereocenters. The summed E-state index contributed by atoms with van der Waals surface area (Å²) in [6.45, 7) is 0. The van der Waals surface area contributed by atoms with Crippen molar-refractivity contribution in [2.24, 2.45) is 0 Å². The molecule has 0 saturated heterocycles. The summed E-state index contributed by atoms with van der Waals surface area (Å²) in [4.78, 5) is 15.4. The predicted octanol–water partition coefficient (Wildman–Crippen LogP) is 0.625. The second kappa shape index (κ2) is 3.78. The van der Waals surface area contributed by atoms with E-state index in [4.69, 9.17) is 0 Å². The Hall–Kier alpha value is -2.04. The summed E-state index contributed by atoms with van der Waals surface area (Å²) >= 11 is 0. The molecule has 5 nitrogen and oxygen atoms in total. The molecule has 1 N–H and O–H groups in total. The molecule has 0 aliphatic carbocycles. The molecule has 0 fully saturated rings. The zero-order chi connectivity index (χ0) is 9.80. The number of rotatable bonds is 3. The summed E-state index contributed by atoms with van der Waals surface area (Å²) in [5, 5.41) is 9.68. The van der Waals surface area contributed by atoms with Crippen LogP contribution in [0.25, 0.3) is 0 Å². The third kappa shape index (κ3) is 1.82. The minimum absolute atomic E-state index is 0.0632. The first kappa shape index (κ1) is 8.55. The van der Waals surface area contributed by atoms with E-state index in [1.165, 1.54) is 6.20 Å². The highest BCUT2D eigenvalue weighted by molar-refractivity contribution is 5.95. The lowest BCUT2D eigenvalue weighted by molar-refractivity contribution is 0.0988. The minimum atomic E-state index is -0.0632. The van der Waals surface area contributed by atoms with Crippen LogP contribution in [-0.2, 0) is 6.42 Å². The molecule has 70 valence electrons. The van der Waals surface area contributed by atoms with Gasteiger partial charge in [-0.3, -0.25) is 9.78 Å². The van der Waals surface area contributed by atoms with Gasteiger partial charge in [-0.05, 0) is 11.6 Å². The third-order valence-corrected chi connectivity index (χ3v) is 1.79. The van der Waals surface area contributed by atoms with Crippen LogP contribution in [0.4, 0.5) is 0 Å². The average Bonchev–Trinajstić information content (AvgIpc) is 2.72. The van der Waals surface area contributed by atoms with Gasteiger partial charge in [0.1, 0.15) is 5.69 Å². The van der Waals surface area contributed by atoms with E-state index in [0.717, 1.165) is 5.56 Å².